The van der Waals surface area contributed by atoms with Crippen molar-refractivity contribution in [1.29, 1.82) is 5.26 Å². The fraction of sp³-hybridized carbons (Fsp3) is 0.588. The number of amides is 1. The van der Waals surface area contributed by atoms with Crippen molar-refractivity contribution in [1.82, 2.24) is 9.91 Å². The Kier molecular flexibility index (Phi) is 4.71. The number of fused-ring (bicyclic) bond motifs is 1. The lowest BCUT2D eigenvalue weighted by Gasteiger charge is -2.44. The number of hydrogen-bond donors (Lipinski definition) is 0. The van der Waals surface area contributed by atoms with E-state index in [2.05, 4.69) is 6.07 Å². The molecule has 2 aliphatic rings. The number of ketones is 1. The molecule has 1 unspecified atom stereocenters. The zero-order valence-corrected chi connectivity index (χ0v) is 15.5. The highest BCUT2D eigenvalue weighted by Crippen LogP contribution is 2.35. The number of Topliss-reactive ketones (excluding diaryl/α,β-unsaturated/α-hetero) is 1. The van der Waals surface area contributed by atoms with E-state index >= 15 is 0 Å². The average Bonchev–Trinajstić information content (AvgIpc) is 2.99. The van der Waals surface area contributed by atoms with Gasteiger partial charge in [-0.2, -0.15) is 5.26 Å². The van der Waals surface area contributed by atoms with Gasteiger partial charge in [0.2, 0.25) is 0 Å². The van der Waals surface area contributed by atoms with Crippen molar-refractivity contribution in [3.8, 4) is 6.07 Å². The SMILES string of the molecule is CC(C)(C)OC(=O)N1CCN(N2c3sccc3CC(=O)C2C#N)CC1. The van der Waals surface area contributed by atoms with Crippen LogP contribution in [-0.2, 0) is 16.0 Å². The lowest BCUT2D eigenvalue weighted by atomic mass is 10.0. The van der Waals surface area contributed by atoms with E-state index in [-0.39, 0.29) is 11.9 Å². The molecular weight excluding hydrogens is 340 g/mol. The van der Waals surface area contributed by atoms with Crippen molar-refractivity contribution in [2.45, 2.75) is 38.8 Å². The molecular formula is C17H22N4O3S. The van der Waals surface area contributed by atoms with E-state index in [0.717, 1.165) is 10.6 Å². The van der Waals surface area contributed by atoms with E-state index in [4.69, 9.17) is 4.74 Å². The topological polar surface area (TPSA) is 76.9 Å². The molecule has 2 aliphatic heterocycles. The Bertz CT molecular complexity index is 710. The van der Waals surface area contributed by atoms with Gasteiger partial charge in [0, 0.05) is 32.6 Å². The van der Waals surface area contributed by atoms with Gasteiger partial charge in [0.05, 0.1) is 6.07 Å². The molecule has 0 radical (unpaired) electrons. The predicted molar refractivity (Wildman–Crippen MR) is 94.3 cm³/mol. The molecule has 3 heterocycles. The predicted octanol–water partition coefficient (Wildman–Crippen LogP) is 2.04. The monoisotopic (exact) mass is 362 g/mol. The number of nitrogens with zero attached hydrogens (tertiary/aromatic N) is 4. The summed E-state index contributed by atoms with van der Waals surface area (Å²) in [5, 5.41) is 16.2. The van der Waals surface area contributed by atoms with Crippen LogP contribution >= 0.6 is 11.3 Å². The average molecular weight is 362 g/mol. The number of rotatable bonds is 1. The highest BCUT2D eigenvalue weighted by molar-refractivity contribution is 7.14. The minimum Gasteiger partial charge on any atom is -0.444 e. The van der Waals surface area contributed by atoms with Crippen molar-refractivity contribution in [3.05, 3.63) is 17.0 Å². The molecule has 25 heavy (non-hydrogen) atoms. The highest BCUT2D eigenvalue weighted by Gasteiger charge is 2.39. The van der Waals surface area contributed by atoms with Crippen LogP contribution in [0.3, 0.4) is 0 Å². The summed E-state index contributed by atoms with van der Waals surface area (Å²) in [5.41, 5.74) is 0.446. The number of carbonyl (C=O) groups excluding carboxylic acids is 2. The number of piperazine rings is 1. The van der Waals surface area contributed by atoms with Crippen LogP contribution < -0.4 is 5.01 Å². The van der Waals surface area contributed by atoms with Crippen molar-refractivity contribution < 1.29 is 14.3 Å². The van der Waals surface area contributed by atoms with Gasteiger partial charge in [-0.25, -0.2) is 9.80 Å². The molecule has 3 rings (SSSR count). The minimum absolute atomic E-state index is 0.0806. The standard InChI is InChI=1S/C17H22N4O3S/c1-17(2,3)24-16(23)19-5-7-20(8-6-19)21-13(11-18)14(22)10-12-4-9-25-15(12)21/h4,9,13H,5-8,10H2,1-3H3. The Morgan fingerprint density at radius 2 is 2.00 bits per heavy atom. The summed E-state index contributed by atoms with van der Waals surface area (Å²) < 4.78 is 5.41. The summed E-state index contributed by atoms with van der Waals surface area (Å²) in [5.74, 6) is -0.0806. The van der Waals surface area contributed by atoms with Gasteiger partial charge in [0.1, 0.15) is 10.6 Å². The van der Waals surface area contributed by atoms with Crippen LogP contribution in [0, 0.1) is 11.3 Å². The molecule has 0 saturated carbocycles. The quantitative estimate of drug-likeness (QED) is 0.761. The molecule has 1 fully saturated rings. The molecule has 8 heteroatoms. The molecule has 1 aromatic rings. The van der Waals surface area contributed by atoms with Gasteiger partial charge in [0.15, 0.2) is 11.8 Å². The number of hydrazine groups is 1. The van der Waals surface area contributed by atoms with Crippen molar-refractivity contribution in [3.63, 3.8) is 0 Å². The summed E-state index contributed by atoms with van der Waals surface area (Å²) in [6.45, 7) is 7.64. The summed E-state index contributed by atoms with van der Waals surface area (Å²) in [6, 6.07) is 3.28. The van der Waals surface area contributed by atoms with Crippen LogP contribution in [0.15, 0.2) is 11.4 Å². The Balaban J connectivity index is 1.71. The Morgan fingerprint density at radius 3 is 2.60 bits per heavy atom. The van der Waals surface area contributed by atoms with Gasteiger partial charge in [-0.05, 0) is 37.8 Å². The number of carbonyl (C=O) groups is 2. The first-order valence-electron chi connectivity index (χ1n) is 8.31. The molecule has 0 N–H and O–H groups in total. The Labute approximate surface area is 151 Å². The first kappa shape index (κ1) is 17.7. The maximum Gasteiger partial charge on any atom is 0.410 e. The molecule has 0 aliphatic carbocycles. The summed E-state index contributed by atoms with van der Waals surface area (Å²) in [7, 11) is 0. The number of anilines is 1. The number of ether oxygens (including phenoxy) is 1. The number of thiophene rings is 1. The zero-order valence-electron chi connectivity index (χ0n) is 14.7. The number of hydrogen-bond acceptors (Lipinski definition) is 7. The van der Waals surface area contributed by atoms with E-state index in [1.807, 2.05) is 42.2 Å². The third-order valence-corrected chi connectivity index (χ3v) is 5.13. The Morgan fingerprint density at radius 1 is 1.32 bits per heavy atom. The number of nitriles is 1. The van der Waals surface area contributed by atoms with E-state index < -0.39 is 11.6 Å². The van der Waals surface area contributed by atoms with Crippen molar-refractivity contribution in [2.75, 3.05) is 31.2 Å². The second-order valence-corrected chi connectivity index (χ2v) is 8.09. The lowest BCUT2D eigenvalue weighted by Crippen LogP contribution is -2.60. The second kappa shape index (κ2) is 6.65. The highest BCUT2D eigenvalue weighted by atomic mass is 32.1. The summed E-state index contributed by atoms with van der Waals surface area (Å²) in [4.78, 5) is 26.2. The van der Waals surface area contributed by atoms with E-state index in [9.17, 15) is 14.9 Å². The van der Waals surface area contributed by atoms with Gasteiger partial charge >= 0.3 is 6.09 Å². The van der Waals surface area contributed by atoms with Crippen LogP contribution in [0.5, 0.6) is 0 Å². The maximum atomic E-state index is 12.3. The molecule has 7 nitrogen and oxygen atoms in total. The second-order valence-electron chi connectivity index (χ2n) is 7.19. The third-order valence-electron chi connectivity index (χ3n) is 4.18. The molecule has 0 spiro atoms. The lowest BCUT2D eigenvalue weighted by molar-refractivity contribution is -0.119. The van der Waals surface area contributed by atoms with E-state index in [1.54, 1.807) is 4.90 Å². The molecule has 1 aromatic heterocycles. The van der Waals surface area contributed by atoms with Crippen molar-refractivity contribution in [2.24, 2.45) is 0 Å². The minimum atomic E-state index is -0.792. The van der Waals surface area contributed by atoms with Crippen LogP contribution in [0.4, 0.5) is 9.80 Å². The van der Waals surface area contributed by atoms with Gasteiger partial charge in [-0.15, -0.1) is 11.3 Å². The molecule has 0 aromatic carbocycles. The normalized spacial score (nSPS) is 21.7. The molecule has 1 saturated heterocycles. The van der Waals surface area contributed by atoms with E-state index in [1.165, 1.54) is 11.3 Å². The molecule has 1 atom stereocenters. The molecule has 0 bridgehead atoms. The fourth-order valence-electron chi connectivity index (χ4n) is 3.04. The zero-order chi connectivity index (χ0) is 18.2. The summed E-state index contributed by atoms with van der Waals surface area (Å²) in [6.07, 6.45) is -0.0126. The van der Waals surface area contributed by atoms with Gasteiger partial charge < -0.3 is 9.64 Å². The first-order chi connectivity index (χ1) is 11.8. The van der Waals surface area contributed by atoms with Crippen LogP contribution in [0.25, 0.3) is 0 Å². The largest absolute Gasteiger partial charge is 0.444 e. The van der Waals surface area contributed by atoms with Crippen LogP contribution in [0.1, 0.15) is 26.3 Å². The van der Waals surface area contributed by atoms with Gasteiger partial charge in [0.25, 0.3) is 0 Å². The smallest absolute Gasteiger partial charge is 0.410 e. The third kappa shape index (κ3) is 3.62. The first-order valence-corrected chi connectivity index (χ1v) is 9.19. The summed E-state index contributed by atoms with van der Waals surface area (Å²) >= 11 is 1.54. The fourth-order valence-corrected chi connectivity index (χ4v) is 4.02. The van der Waals surface area contributed by atoms with Gasteiger partial charge in [-0.3, -0.25) is 9.80 Å². The van der Waals surface area contributed by atoms with Crippen LogP contribution in [0.2, 0.25) is 0 Å². The Hall–Kier alpha value is -2.11. The maximum absolute atomic E-state index is 12.3. The van der Waals surface area contributed by atoms with Gasteiger partial charge in [-0.1, -0.05) is 0 Å². The molecule has 134 valence electrons. The van der Waals surface area contributed by atoms with E-state index in [0.29, 0.717) is 32.6 Å². The van der Waals surface area contributed by atoms with Crippen LogP contribution in [-0.4, -0.2) is 59.6 Å². The molecule has 1 amide bonds. The van der Waals surface area contributed by atoms with Crippen molar-refractivity contribution >= 4 is 28.2 Å².